The van der Waals surface area contributed by atoms with Crippen molar-refractivity contribution in [2.45, 2.75) is 19.8 Å². The van der Waals surface area contributed by atoms with Crippen molar-refractivity contribution in [3.8, 4) is 16.5 Å². The Morgan fingerprint density at radius 1 is 1.25 bits per heavy atom. The standard InChI is InChI=1S/C17H17N3O3S/c1-12-6-2-3-7-13(12)22-11-5-9-15(21)18-17-20-19-16(24-17)14-8-4-10-23-14/h2-4,6-8,10H,5,9,11H2,1H3,(H,18,20,21). The molecule has 0 unspecified atom stereocenters. The quantitative estimate of drug-likeness (QED) is 0.658. The van der Waals surface area contributed by atoms with Crippen LogP contribution in [-0.2, 0) is 4.79 Å². The highest BCUT2D eigenvalue weighted by atomic mass is 32.1. The maximum Gasteiger partial charge on any atom is 0.226 e. The van der Waals surface area contributed by atoms with Gasteiger partial charge in [0.15, 0.2) is 10.8 Å². The highest BCUT2D eigenvalue weighted by molar-refractivity contribution is 7.18. The van der Waals surface area contributed by atoms with Gasteiger partial charge in [-0.1, -0.05) is 29.5 Å². The lowest BCUT2D eigenvalue weighted by Gasteiger charge is -2.08. The fourth-order valence-electron chi connectivity index (χ4n) is 2.09. The SMILES string of the molecule is Cc1ccccc1OCCCC(=O)Nc1nnc(-c2ccco2)s1. The Hall–Kier alpha value is -2.67. The van der Waals surface area contributed by atoms with Gasteiger partial charge in [0.2, 0.25) is 11.0 Å². The molecule has 24 heavy (non-hydrogen) atoms. The first kappa shape index (κ1) is 16.2. The van der Waals surface area contributed by atoms with Gasteiger partial charge in [-0.3, -0.25) is 4.79 Å². The average molecular weight is 343 g/mol. The molecular weight excluding hydrogens is 326 g/mol. The number of anilines is 1. The zero-order chi connectivity index (χ0) is 16.8. The highest BCUT2D eigenvalue weighted by Gasteiger charge is 2.11. The van der Waals surface area contributed by atoms with Crippen LogP contribution in [0.1, 0.15) is 18.4 Å². The third-order valence-electron chi connectivity index (χ3n) is 3.30. The average Bonchev–Trinajstić information content (AvgIpc) is 3.24. The van der Waals surface area contributed by atoms with Crippen LogP contribution in [0.3, 0.4) is 0 Å². The van der Waals surface area contributed by atoms with E-state index in [9.17, 15) is 4.79 Å². The molecule has 124 valence electrons. The van der Waals surface area contributed by atoms with Gasteiger partial charge in [-0.25, -0.2) is 0 Å². The molecule has 7 heteroatoms. The van der Waals surface area contributed by atoms with Gasteiger partial charge in [0.1, 0.15) is 5.75 Å². The number of hydrogen-bond acceptors (Lipinski definition) is 6. The monoisotopic (exact) mass is 343 g/mol. The van der Waals surface area contributed by atoms with E-state index < -0.39 is 0 Å². The zero-order valence-electron chi connectivity index (χ0n) is 13.2. The van der Waals surface area contributed by atoms with Crippen molar-refractivity contribution in [2.75, 3.05) is 11.9 Å². The smallest absolute Gasteiger partial charge is 0.226 e. The molecule has 0 radical (unpaired) electrons. The summed E-state index contributed by atoms with van der Waals surface area (Å²) in [5.74, 6) is 1.38. The lowest BCUT2D eigenvalue weighted by molar-refractivity contribution is -0.116. The molecule has 0 aliphatic heterocycles. The van der Waals surface area contributed by atoms with Crippen LogP contribution in [0.4, 0.5) is 5.13 Å². The summed E-state index contributed by atoms with van der Waals surface area (Å²) in [6.07, 6.45) is 2.56. The van der Waals surface area contributed by atoms with Crippen LogP contribution < -0.4 is 10.1 Å². The molecule has 0 aliphatic rings. The van der Waals surface area contributed by atoms with E-state index in [0.29, 0.717) is 35.3 Å². The predicted octanol–water partition coefficient (Wildman–Crippen LogP) is 3.90. The van der Waals surface area contributed by atoms with Crippen LogP contribution in [0.25, 0.3) is 10.8 Å². The summed E-state index contributed by atoms with van der Waals surface area (Å²) in [5.41, 5.74) is 1.08. The molecule has 0 spiro atoms. The van der Waals surface area contributed by atoms with E-state index in [1.54, 1.807) is 18.4 Å². The topological polar surface area (TPSA) is 77.2 Å². The lowest BCUT2D eigenvalue weighted by atomic mass is 10.2. The van der Waals surface area contributed by atoms with E-state index in [1.807, 2.05) is 31.2 Å². The molecule has 2 heterocycles. The third-order valence-corrected chi connectivity index (χ3v) is 4.16. The second kappa shape index (κ2) is 7.74. The number of amides is 1. The van der Waals surface area contributed by atoms with Crippen molar-refractivity contribution in [1.29, 1.82) is 0 Å². The molecule has 2 aromatic heterocycles. The molecule has 0 saturated carbocycles. The molecule has 1 amide bonds. The zero-order valence-corrected chi connectivity index (χ0v) is 14.0. The number of furan rings is 1. The first-order valence-electron chi connectivity index (χ1n) is 7.58. The van der Waals surface area contributed by atoms with E-state index in [-0.39, 0.29) is 5.91 Å². The fourth-order valence-corrected chi connectivity index (χ4v) is 2.82. The van der Waals surface area contributed by atoms with E-state index >= 15 is 0 Å². The van der Waals surface area contributed by atoms with Crippen LogP contribution in [0.2, 0.25) is 0 Å². The van der Waals surface area contributed by atoms with Gasteiger partial charge in [-0.2, -0.15) is 0 Å². The second-order valence-corrected chi connectivity index (χ2v) is 6.13. The molecule has 0 saturated heterocycles. The molecular formula is C17H17N3O3S. The summed E-state index contributed by atoms with van der Waals surface area (Å²) in [4.78, 5) is 11.9. The Kier molecular flexibility index (Phi) is 5.22. The molecule has 1 aromatic carbocycles. The third kappa shape index (κ3) is 4.20. The molecule has 0 atom stereocenters. The van der Waals surface area contributed by atoms with Gasteiger partial charge < -0.3 is 14.5 Å². The van der Waals surface area contributed by atoms with Crippen molar-refractivity contribution >= 4 is 22.4 Å². The lowest BCUT2D eigenvalue weighted by Crippen LogP contribution is -2.12. The van der Waals surface area contributed by atoms with Crippen molar-refractivity contribution in [3.05, 3.63) is 48.2 Å². The summed E-state index contributed by atoms with van der Waals surface area (Å²) in [5, 5.41) is 11.8. The fraction of sp³-hybridized carbons (Fsp3) is 0.235. The number of hydrogen-bond donors (Lipinski definition) is 1. The van der Waals surface area contributed by atoms with E-state index in [1.165, 1.54) is 11.3 Å². The molecule has 0 bridgehead atoms. The number of nitrogens with one attached hydrogen (secondary N) is 1. The van der Waals surface area contributed by atoms with Crippen LogP contribution in [0.5, 0.6) is 5.75 Å². The number of rotatable bonds is 7. The Labute approximate surface area is 143 Å². The Balaban J connectivity index is 1.42. The second-order valence-electron chi connectivity index (χ2n) is 5.16. The number of para-hydroxylation sites is 1. The maximum absolute atomic E-state index is 11.9. The first-order chi connectivity index (χ1) is 11.7. The summed E-state index contributed by atoms with van der Waals surface area (Å²) in [6, 6.07) is 11.4. The van der Waals surface area contributed by atoms with Crippen LogP contribution in [0.15, 0.2) is 47.1 Å². The van der Waals surface area contributed by atoms with Crippen LogP contribution >= 0.6 is 11.3 Å². The Bertz CT molecular complexity index is 799. The number of carbonyl (C=O) groups excluding carboxylic acids is 1. The van der Waals surface area contributed by atoms with Crippen molar-refractivity contribution in [1.82, 2.24) is 10.2 Å². The summed E-state index contributed by atoms with van der Waals surface area (Å²) < 4.78 is 10.9. The summed E-state index contributed by atoms with van der Waals surface area (Å²) in [6.45, 7) is 2.49. The molecule has 3 rings (SSSR count). The van der Waals surface area contributed by atoms with Crippen molar-refractivity contribution in [2.24, 2.45) is 0 Å². The van der Waals surface area contributed by atoms with Gasteiger partial charge in [-0.15, -0.1) is 10.2 Å². The largest absolute Gasteiger partial charge is 0.493 e. The number of aryl methyl sites for hydroxylation is 1. The molecule has 3 aromatic rings. The Morgan fingerprint density at radius 3 is 2.92 bits per heavy atom. The van der Waals surface area contributed by atoms with Crippen molar-refractivity contribution in [3.63, 3.8) is 0 Å². The minimum Gasteiger partial charge on any atom is -0.493 e. The van der Waals surface area contributed by atoms with Gasteiger partial charge in [0, 0.05) is 6.42 Å². The number of nitrogens with zero attached hydrogens (tertiary/aromatic N) is 2. The normalized spacial score (nSPS) is 10.5. The van der Waals surface area contributed by atoms with E-state index in [4.69, 9.17) is 9.15 Å². The molecule has 1 N–H and O–H groups in total. The van der Waals surface area contributed by atoms with Crippen molar-refractivity contribution < 1.29 is 13.9 Å². The number of ether oxygens (including phenoxy) is 1. The summed E-state index contributed by atoms with van der Waals surface area (Å²) >= 11 is 1.28. The van der Waals surface area contributed by atoms with Gasteiger partial charge in [0.05, 0.1) is 12.9 Å². The number of carbonyl (C=O) groups is 1. The minimum atomic E-state index is -0.106. The van der Waals surface area contributed by atoms with Gasteiger partial charge >= 0.3 is 0 Å². The number of benzene rings is 1. The van der Waals surface area contributed by atoms with E-state index in [0.717, 1.165) is 11.3 Å². The van der Waals surface area contributed by atoms with Crippen LogP contribution in [0, 0.1) is 6.92 Å². The highest BCUT2D eigenvalue weighted by Crippen LogP contribution is 2.26. The minimum absolute atomic E-state index is 0.106. The Morgan fingerprint density at radius 2 is 2.12 bits per heavy atom. The van der Waals surface area contributed by atoms with Crippen LogP contribution in [-0.4, -0.2) is 22.7 Å². The van der Waals surface area contributed by atoms with E-state index in [2.05, 4.69) is 15.5 Å². The molecule has 0 aliphatic carbocycles. The maximum atomic E-state index is 11.9. The first-order valence-corrected chi connectivity index (χ1v) is 8.39. The molecule has 0 fully saturated rings. The van der Waals surface area contributed by atoms with Gasteiger partial charge in [-0.05, 0) is 37.1 Å². The number of aromatic nitrogens is 2. The predicted molar refractivity (Wildman–Crippen MR) is 92.1 cm³/mol. The van der Waals surface area contributed by atoms with Gasteiger partial charge in [0.25, 0.3) is 0 Å². The molecule has 6 nitrogen and oxygen atoms in total. The summed E-state index contributed by atoms with van der Waals surface area (Å²) in [7, 11) is 0.